The van der Waals surface area contributed by atoms with Gasteiger partial charge in [-0.3, -0.25) is 9.53 Å². The van der Waals surface area contributed by atoms with Gasteiger partial charge in [0, 0.05) is 31.1 Å². The van der Waals surface area contributed by atoms with E-state index in [0.717, 1.165) is 38.2 Å². The molecule has 4 aliphatic rings. The topological polar surface area (TPSA) is 56.8 Å². The predicted octanol–water partition coefficient (Wildman–Crippen LogP) is 4.76. The lowest BCUT2D eigenvalue weighted by Crippen LogP contribution is -2.74. The largest absolute Gasteiger partial charge is 0.522 e. The summed E-state index contributed by atoms with van der Waals surface area (Å²) >= 11 is 5.61. The number of alkyl halides is 3. The van der Waals surface area contributed by atoms with Gasteiger partial charge in [-0.05, 0) is 49.7 Å². The zero-order valence-corrected chi connectivity index (χ0v) is 17.5. The molecule has 5 nitrogen and oxygen atoms in total. The van der Waals surface area contributed by atoms with Gasteiger partial charge in [0.25, 0.3) is 5.91 Å². The molecular formula is C21H24ClF4NO4. The van der Waals surface area contributed by atoms with Crippen LogP contribution in [0.4, 0.5) is 17.6 Å². The lowest BCUT2D eigenvalue weighted by atomic mass is 9.38. The first-order valence-corrected chi connectivity index (χ1v) is 10.7. The van der Waals surface area contributed by atoms with E-state index in [2.05, 4.69) is 10.1 Å². The van der Waals surface area contributed by atoms with Crippen molar-refractivity contribution in [3.05, 3.63) is 29.0 Å². The van der Waals surface area contributed by atoms with Gasteiger partial charge >= 0.3 is 6.36 Å². The maximum absolute atomic E-state index is 13.4. The summed E-state index contributed by atoms with van der Waals surface area (Å²) in [5.74, 6) is -0.599. The fourth-order valence-corrected chi connectivity index (χ4v) is 5.20. The quantitative estimate of drug-likeness (QED) is 0.400. The van der Waals surface area contributed by atoms with Crippen molar-refractivity contribution in [2.45, 2.75) is 69.1 Å². The first-order chi connectivity index (χ1) is 14.6. The molecule has 172 valence electrons. The highest BCUT2D eigenvalue weighted by Gasteiger charge is 2.67. The first-order valence-electron chi connectivity index (χ1n) is 10.3. The lowest BCUT2D eigenvalue weighted by molar-refractivity contribution is -0.357. The van der Waals surface area contributed by atoms with Gasteiger partial charge in [0.2, 0.25) is 0 Å². The summed E-state index contributed by atoms with van der Waals surface area (Å²) in [6.45, 7) is 0.333. The van der Waals surface area contributed by atoms with E-state index in [1.165, 1.54) is 12.1 Å². The average molecular weight is 466 g/mol. The Kier molecular flexibility index (Phi) is 6.13. The number of carbonyl (C=O) groups excluding carboxylic acids is 1. The van der Waals surface area contributed by atoms with E-state index in [-0.39, 0.29) is 53.2 Å². The molecule has 2 bridgehead atoms. The summed E-state index contributed by atoms with van der Waals surface area (Å²) in [4.78, 5) is 12.1. The molecule has 0 spiro atoms. The third-order valence-corrected chi connectivity index (χ3v) is 6.67. The summed E-state index contributed by atoms with van der Waals surface area (Å²) in [6, 6.07) is 4.02. The molecule has 1 amide bonds. The SMILES string of the molecule is O=C(COc1ccc(Cl)c(F)c1)NC12CC(CCCOC3CC(OC(F)(F)F)C3)(C1)C2. The van der Waals surface area contributed by atoms with Crippen LogP contribution < -0.4 is 10.1 Å². The van der Waals surface area contributed by atoms with Crippen molar-refractivity contribution >= 4 is 17.5 Å². The Morgan fingerprint density at radius 2 is 1.90 bits per heavy atom. The normalized spacial score (nSPS) is 31.3. The van der Waals surface area contributed by atoms with Crippen LogP contribution in [-0.2, 0) is 14.3 Å². The highest BCUT2D eigenvalue weighted by atomic mass is 35.5. The molecule has 5 rings (SSSR count). The second-order valence-electron chi connectivity index (χ2n) is 8.98. The summed E-state index contributed by atoms with van der Waals surface area (Å²) in [5, 5.41) is 3.00. The highest BCUT2D eigenvalue weighted by molar-refractivity contribution is 6.30. The molecule has 4 aliphatic carbocycles. The predicted molar refractivity (Wildman–Crippen MR) is 103 cm³/mol. The molecule has 1 N–H and O–H groups in total. The van der Waals surface area contributed by atoms with E-state index in [1.54, 1.807) is 0 Å². The molecule has 0 aliphatic heterocycles. The molecule has 4 saturated carbocycles. The Morgan fingerprint density at radius 3 is 2.55 bits per heavy atom. The first kappa shape index (κ1) is 22.6. The van der Waals surface area contributed by atoms with Crippen molar-refractivity contribution in [2.75, 3.05) is 13.2 Å². The van der Waals surface area contributed by atoms with E-state index in [9.17, 15) is 22.4 Å². The molecule has 0 saturated heterocycles. The van der Waals surface area contributed by atoms with Gasteiger partial charge < -0.3 is 14.8 Å². The fourth-order valence-electron chi connectivity index (χ4n) is 5.08. The fraction of sp³-hybridized carbons (Fsp3) is 0.667. The van der Waals surface area contributed by atoms with Crippen molar-refractivity contribution < 1.29 is 36.6 Å². The minimum atomic E-state index is -4.58. The third kappa shape index (κ3) is 5.43. The number of rotatable bonds is 10. The van der Waals surface area contributed by atoms with Crippen LogP contribution in [0.2, 0.25) is 5.02 Å². The zero-order chi connectivity index (χ0) is 22.3. The molecule has 1 aromatic carbocycles. The monoisotopic (exact) mass is 465 g/mol. The number of carbonyl (C=O) groups is 1. The van der Waals surface area contributed by atoms with Crippen LogP contribution in [0.15, 0.2) is 18.2 Å². The minimum Gasteiger partial charge on any atom is -0.484 e. The van der Waals surface area contributed by atoms with Gasteiger partial charge in [-0.2, -0.15) is 0 Å². The van der Waals surface area contributed by atoms with E-state index in [0.29, 0.717) is 6.61 Å². The van der Waals surface area contributed by atoms with Gasteiger partial charge in [-0.15, -0.1) is 13.2 Å². The zero-order valence-electron chi connectivity index (χ0n) is 16.8. The molecule has 0 aromatic heterocycles. The molecule has 31 heavy (non-hydrogen) atoms. The molecule has 1 aromatic rings. The van der Waals surface area contributed by atoms with Gasteiger partial charge in [0.15, 0.2) is 6.61 Å². The van der Waals surface area contributed by atoms with Crippen molar-refractivity contribution in [2.24, 2.45) is 5.41 Å². The summed E-state index contributed by atoms with van der Waals surface area (Å²) in [5.41, 5.74) is 0.0705. The summed E-state index contributed by atoms with van der Waals surface area (Å²) in [7, 11) is 0. The van der Waals surface area contributed by atoms with E-state index < -0.39 is 18.3 Å². The van der Waals surface area contributed by atoms with Crippen molar-refractivity contribution in [1.82, 2.24) is 5.32 Å². The van der Waals surface area contributed by atoms with Gasteiger partial charge in [-0.1, -0.05) is 11.6 Å². The molecule has 0 unspecified atom stereocenters. The minimum absolute atomic E-state index is 0.00582. The van der Waals surface area contributed by atoms with Gasteiger partial charge in [-0.25, -0.2) is 4.39 Å². The number of halogens is 5. The number of hydrogen-bond acceptors (Lipinski definition) is 4. The van der Waals surface area contributed by atoms with Crippen LogP contribution >= 0.6 is 11.6 Å². The number of benzene rings is 1. The summed E-state index contributed by atoms with van der Waals surface area (Å²) in [6.07, 6.45) is -0.407. The van der Waals surface area contributed by atoms with E-state index in [4.69, 9.17) is 21.1 Å². The third-order valence-electron chi connectivity index (χ3n) is 6.36. The lowest BCUT2D eigenvalue weighted by Gasteiger charge is -2.71. The maximum Gasteiger partial charge on any atom is 0.522 e. The molecule has 10 heteroatoms. The highest BCUT2D eigenvalue weighted by Crippen LogP contribution is 2.69. The number of nitrogens with one attached hydrogen (secondary N) is 1. The Morgan fingerprint density at radius 1 is 1.19 bits per heavy atom. The van der Waals surface area contributed by atoms with Crippen LogP contribution in [-0.4, -0.2) is 43.2 Å². The van der Waals surface area contributed by atoms with Crippen LogP contribution in [0.1, 0.15) is 44.9 Å². The van der Waals surface area contributed by atoms with Crippen molar-refractivity contribution in [3.8, 4) is 5.75 Å². The second-order valence-corrected chi connectivity index (χ2v) is 9.38. The Hall–Kier alpha value is -1.58. The van der Waals surface area contributed by atoms with Crippen molar-refractivity contribution in [3.63, 3.8) is 0 Å². The molecule has 4 fully saturated rings. The number of amides is 1. The van der Waals surface area contributed by atoms with Crippen LogP contribution in [0, 0.1) is 11.2 Å². The van der Waals surface area contributed by atoms with Crippen LogP contribution in [0.3, 0.4) is 0 Å². The molecule has 0 radical (unpaired) electrons. The maximum atomic E-state index is 13.4. The molecule has 0 heterocycles. The Labute approximate surface area is 182 Å². The van der Waals surface area contributed by atoms with Crippen molar-refractivity contribution in [1.29, 1.82) is 0 Å². The van der Waals surface area contributed by atoms with E-state index in [1.807, 2.05) is 0 Å². The molecule has 0 atom stereocenters. The van der Waals surface area contributed by atoms with E-state index >= 15 is 0 Å². The average Bonchev–Trinajstić information content (AvgIpc) is 2.59. The van der Waals surface area contributed by atoms with Gasteiger partial charge in [0.1, 0.15) is 11.6 Å². The smallest absolute Gasteiger partial charge is 0.484 e. The Bertz CT molecular complexity index is 808. The number of hydrogen-bond donors (Lipinski definition) is 1. The standard InChI is InChI=1S/C21H24ClF4NO4/c22-16-3-2-13(8-17(16)23)30-9-18(28)27-20-10-19(11-20,12-20)4-1-5-29-14-6-15(7-14)31-21(24,25)26/h2-3,8,14-15H,1,4-7,9-12H2,(H,27,28). The Balaban J connectivity index is 1.06. The number of ether oxygens (including phenoxy) is 3. The van der Waals surface area contributed by atoms with Crippen LogP contribution in [0.5, 0.6) is 5.75 Å². The second kappa shape index (κ2) is 8.41. The van der Waals surface area contributed by atoms with Crippen LogP contribution in [0.25, 0.3) is 0 Å². The summed E-state index contributed by atoms with van der Waals surface area (Å²) < 4.78 is 64.5. The van der Waals surface area contributed by atoms with Gasteiger partial charge in [0.05, 0.1) is 17.2 Å². The molecular weight excluding hydrogens is 442 g/mol.